The number of thioether (sulfide) groups is 1. The first-order chi connectivity index (χ1) is 15.7. The molecule has 0 saturated heterocycles. The van der Waals surface area contributed by atoms with Gasteiger partial charge in [0.05, 0.1) is 10.2 Å². The van der Waals surface area contributed by atoms with Gasteiger partial charge in [-0.2, -0.15) is 0 Å². The van der Waals surface area contributed by atoms with E-state index in [0.717, 1.165) is 34.9 Å². The summed E-state index contributed by atoms with van der Waals surface area (Å²) in [6, 6.07) is 26.1. The summed E-state index contributed by atoms with van der Waals surface area (Å²) in [5.41, 5.74) is 4.31. The van der Waals surface area contributed by atoms with Crippen LogP contribution in [0.25, 0.3) is 10.2 Å². The summed E-state index contributed by atoms with van der Waals surface area (Å²) in [5, 5.41) is 8.44. The van der Waals surface area contributed by atoms with Gasteiger partial charge in [-0.25, -0.2) is 9.98 Å². The fourth-order valence-corrected chi connectivity index (χ4v) is 5.30. The lowest BCUT2D eigenvalue weighted by Gasteiger charge is -2.08. The van der Waals surface area contributed by atoms with E-state index < -0.39 is 0 Å². The third-order valence-corrected chi connectivity index (χ3v) is 7.04. The highest BCUT2D eigenvalue weighted by molar-refractivity contribution is 8.27. The molecule has 0 spiro atoms. The van der Waals surface area contributed by atoms with Crippen LogP contribution in [-0.4, -0.2) is 27.9 Å². The van der Waals surface area contributed by atoms with Gasteiger partial charge in [-0.05, 0) is 53.6 Å². The normalized spacial score (nSPS) is 15.7. The number of amidine groups is 1. The van der Waals surface area contributed by atoms with Crippen LogP contribution in [0.2, 0.25) is 0 Å². The lowest BCUT2D eigenvalue weighted by atomic mass is 10.1. The number of aliphatic imine (C=N–C) groups is 1. The summed E-state index contributed by atoms with van der Waals surface area (Å²) in [6.07, 6.45) is 1.51. The van der Waals surface area contributed by atoms with Gasteiger partial charge in [0.1, 0.15) is 6.04 Å². The second kappa shape index (κ2) is 9.54. The number of nitrogens with zero attached hydrogens (tertiary/aromatic N) is 2. The summed E-state index contributed by atoms with van der Waals surface area (Å²) in [4.78, 5) is 21.6. The third kappa shape index (κ3) is 5.00. The van der Waals surface area contributed by atoms with Crippen molar-refractivity contribution < 1.29 is 4.79 Å². The van der Waals surface area contributed by atoms with Crippen LogP contribution in [0.4, 0.5) is 10.8 Å². The summed E-state index contributed by atoms with van der Waals surface area (Å²) in [6.45, 7) is 0.802. The average Bonchev–Trinajstić information content (AvgIpc) is 3.37. The van der Waals surface area contributed by atoms with E-state index in [9.17, 15) is 4.79 Å². The van der Waals surface area contributed by atoms with Crippen LogP contribution in [0.1, 0.15) is 11.1 Å². The standard InChI is InChI=1S/C25H22N4OS2/c30-23-21(16-17-7-2-1-3-8-17)29-25(32-23)27-19-10-6-9-18(15-19)13-14-26-24-28-20-11-4-5-12-22(20)31-24/h1-12,15,21H,13-14,16H2,(H,26,28)(H,27,29)/t21-/m0/s1. The summed E-state index contributed by atoms with van der Waals surface area (Å²) >= 11 is 2.86. The molecule has 0 radical (unpaired) electrons. The molecule has 32 heavy (non-hydrogen) atoms. The molecule has 7 heteroatoms. The Bertz CT molecular complexity index is 1240. The zero-order valence-electron chi connectivity index (χ0n) is 17.3. The lowest BCUT2D eigenvalue weighted by molar-refractivity contribution is -0.111. The van der Waals surface area contributed by atoms with Crippen LogP contribution in [-0.2, 0) is 17.6 Å². The van der Waals surface area contributed by atoms with Gasteiger partial charge in [0, 0.05) is 18.7 Å². The van der Waals surface area contributed by atoms with Crippen molar-refractivity contribution >= 4 is 54.4 Å². The van der Waals surface area contributed by atoms with Crippen molar-refractivity contribution in [2.75, 3.05) is 17.2 Å². The van der Waals surface area contributed by atoms with E-state index in [1.54, 1.807) is 11.3 Å². The highest BCUT2D eigenvalue weighted by Crippen LogP contribution is 2.26. The van der Waals surface area contributed by atoms with Crippen molar-refractivity contribution in [2.24, 2.45) is 4.99 Å². The van der Waals surface area contributed by atoms with Gasteiger partial charge in [-0.15, -0.1) is 0 Å². The number of hydrogen-bond donors (Lipinski definition) is 2. The van der Waals surface area contributed by atoms with Crippen molar-refractivity contribution in [1.29, 1.82) is 0 Å². The van der Waals surface area contributed by atoms with Crippen molar-refractivity contribution in [3.63, 3.8) is 0 Å². The number of carbonyl (C=O) groups excluding carboxylic acids is 1. The topological polar surface area (TPSA) is 66.4 Å². The lowest BCUT2D eigenvalue weighted by Crippen LogP contribution is -2.13. The summed E-state index contributed by atoms with van der Waals surface area (Å²) < 4.78 is 1.19. The van der Waals surface area contributed by atoms with E-state index in [1.165, 1.54) is 22.0 Å². The Balaban J connectivity index is 1.17. The van der Waals surface area contributed by atoms with Gasteiger partial charge >= 0.3 is 0 Å². The first-order valence-electron chi connectivity index (χ1n) is 10.5. The number of fused-ring (bicyclic) bond motifs is 1. The van der Waals surface area contributed by atoms with Crippen LogP contribution >= 0.6 is 23.1 Å². The van der Waals surface area contributed by atoms with Crippen LogP contribution in [0.5, 0.6) is 0 Å². The maximum atomic E-state index is 12.4. The number of hydrogen-bond acceptors (Lipinski definition) is 7. The maximum Gasteiger partial charge on any atom is 0.221 e. The van der Waals surface area contributed by atoms with Gasteiger partial charge in [0.15, 0.2) is 10.3 Å². The van der Waals surface area contributed by atoms with E-state index >= 15 is 0 Å². The number of carbonyl (C=O) groups is 1. The number of para-hydroxylation sites is 1. The molecule has 4 aromatic rings. The monoisotopic (exact) mass is 458 g/mol. The molecular formula is C25H22N4OS2. The van der Waals surface area contributed by atoms with Crippen LogP contribution < -0.4 is 10.6 Å². The molecule has 3 aromatic carbocycles. The van der Waals surface area contributed by atoms with Gasteiger partial charge in [-0.3, -0.25) is 4.79 Å². The predicted octanol–water partition coefficient (Wildman–Crippen LogP) is 5.60. The summed E-state index contributed by atoms with van der Waals surface area (Å²) in [7, 11) is 0. The fourth-order valence-electron chi connectivity index (χ4n) is 3.60. The van der Waals surface area contributed by atoms with Gasteiger partial charge < -0.3 is 10.6 Å². The fraction of sp³-hybridized carbons (Fsp3) is 0.160. The Hall–Kier alpha value is -3.16. The molecule has 0 aliphatic carbocycles. The molecule has 160 valence electrons. The molecule has 0 fully saturated rings. The van der Waals surface area contributed by atoms with Crippen molar-refractivity contribution in [1.82, 2.24) is 4.98 Å². The number of anilines is 2. The smallest absolute Gasteiger partial charge is 0.221 e. The maximum absolute atomic E-state index is 12.4. The van der Waals surface area contributed by atoms with E-state index in [4.69, 9.17) is 0 Å². The minimum Gasteiger partial charge on any atom is -0.361 e. The highest BCUT2D eigenvalue weighted by Gasteiger charge is 2.28. The molecule has 2 heterocycles. The summed E-state index contributed by atoms with van der Waals surface area (Å²) in [5.74, 6) is 0. The van der Waals surface area contributed by atoms with E-state index in [2.05, 4.69) is 38.8 Å². The number of thiazole rings is 1. The second-order valence-corrected chi connectivity index (χ2v) is 9.57. The van der Waals surface area contributed by atoms with Crippen LogP contribution in [0, 0.1) is 0 Å². The number of rotatable bonds is 7. The molecule has 1 atom stereocenters. The second-order valence-electron chi connectivity index (χ2n) is 7.55. The van der Waals surface area contributed by atoms with Crippen molar-refractivity contribution in [3.8, 4) is 0 Å². The minimum absolute atomic E-state index is 0.0903. The highest BCUT2D eigenvalue weighted by atomic mass is 32.2. The largest absolute Gasteiger partial charge is 0.361 e. The Labute approximate surface area is 195 Å². The molecule has 5 rings (SSSR count). The quantitative estimate of drug-likeness (QED) is 0.377. The molecule has 0 bridgehead atoms. The molecule has 0 amide bonds. The van der Waals surface area contributed by atoms with Crippen molar-refractivity contribution in [2.45, 2.75) is 18.9 Å². The van der Waals surface area contributed by atoms with Crippen LogP contribution in [0.3, 0.4) is 0 Å². The Morgan fingerprint density at radius 2 is 1.72 bits per heavy atom. The molecular weight excluding hydrogens is 436 g/mol. The molecule has 1 aliphatic rings. The molecule has 1 aliphatic heterocycles. The Morgan fingerprint density at radius 3 is 2.59 bits per heavy atom. The van der Waals surface area contributed by atoms with Crippen LogP contribution in [0.15, 0.2) is 83.9 Å². The third-order valence-electron chi connectivity index (χ3n) is 5.18. The van der Waals surface area contributed by atoms with Gasteiger partial charge in [-0.1, -0.05) is 65.9 Å². The minimum atomic E-state index is -0.328. The van der Waals surface area contributed by atoms with Gasteiger partial charge in [0.2, 0.25) is 5.12 Å². The predicted molar refractivity (Wildman–Crippen MR) is 136 cm³/mol. The zero-order chi connectivity index (χ0) is 21.8. The molecule has 2 N–H and O–H groups in total. The molecule has 0 unspecified atom stereocenters. The molecule has 0 saturated carbocycles. The van der Waals surface area contributed by atoms with E-state index in [-0.39, 0.29) is 11.2 Å². The first kappa shape index (κ1) is 20.7. The number of aromatic nitrogens is 1. The molecule has 1 aromatic heterocycles. The van der Waals surface area contributed by atoms with Gasteiger partial charge in [0.25, 0.3) is 0 Å². The Kier molecular flexibility index (Phi) is 6.18. The SMILES string of the molecule is O=C1SC(Nc2cccc(CCNc3nc4ccccc4s3)c2)=N[C@H]1Cc1ccccc1. The number of nitrogens with one attached hydrogen (secondary N) is 2. The first-order valence-corrected chi connectivity index (χ1v) is 12.1. The Morgan fingerprint density at radius 1 is 0.906 bits per heavy atom. The van der Waals surface area contributed by atoms with E-state index in [1.807, 2.05) is 60.7 Å². The van der Waals surface area contributed by atoms with Crippen molar-refractivity contribution in [3.05, 3.63) is 90.0 Å². The van der Waals surface area contributed by atoms with E-state index in [0.29, 0.717) is 11.6 Å². The average molecular weight is 459 g/mol. The zero-order valence-corrected chi connectivity index (χ0v) is 19.0. The molecule has 5 nitrogen and oxygen atoms in total. The number of benzene rings is 3.